The number of hydrogen-bond donors (Lipinski definition) is 1. The van der Waals surface area contributed by atoms with Gasteiger partial charge in [0.1, 0.15) is 0 Å². The molecule has 0 aliphatic carbocycles. The lowest BCUT2D eigenvalue weighted by Crippen LogP contribution is -2.38. The number of anilines is 1. The highest BCUT2D eigenvalue weighted by atomic mass is 32.2. The smallest absolute Gasteiger partial charge is 0.257 e. The topological polar surface area (TPSA) is 88.3 Å². The zero-order valence-corrected chi connectivity index (χ0v) is 17.4. The fourth-order valence-electron chi connectivity index (χ4n) is 3.19. The number of nitrogens with one attached hydrogen (secondary N) is 1. The van der Waals surface area contributed by atoms with Gasteiger partial charge in [-0.2, -0.15) is 16.7 Å². The van der Waals surface area contributed by atoms with E-state index in [9.17, 15) is 9.59 Å². The highest BCUT2D eigenvalue weighted by molar-refractivity contribution is 7.99. The summed E-state index contributed by atoms with van der Waals surface area (Å²) in [4.78, 5) is 31.0. The molecule has 30 heavy (non-hydrogen) atoms. The van der Waals surface area contributed by atoms with Gasteiger partial charge in [0, 0.05) is 41.4 Å². The van der Waals surface area contributed by atoms with Crippen molar-refractivity contribution in [3.05, 3.63) is 65.5 Å². The molecule has 1 saturated heterocycles. The lowest BCUT2D eigenvalue weighted by molar-refractivity contribution is -0.130. The molecule has 4 rings (SSSR count). The summed E-state index contributed by atoms with van der Waals surface area (Å²) in [5, 5.41) is 6.64. The largest absolute Gasteiger partial charge is 0.341 e. The van der Waals surface area contributed by atoms with E-state index in [4.69, 9.17) is 4.52 Å². The van der Waals surface area contributed by atoms with Crippen LogP contribution in [-0.2, 0) is 11.2 Å². The van der Waals surface area contributed by atoms with Gasteiger partial charge in [-0.3, -0.25) is 9.59 Å². The van der Waals surface area contributed by atoms with Gasteiger partial charge in [0.2, 0.25) is 5.91 Å². The van der Waals surface area contributed by atoms with Crippen molar-refractivity contribution in [1.29, 1.82) is 0 Å². The van der Waals surface area contributed by atoms with Crippen LogP contribution >= 0.6 is 11.8 Å². The van der Waals surface area contributed by atoms with E-state index < -0.39 is 0 Å². The number of thioether (sulfide) groups is 1. The minimum atomic E-state index is -0.210. The quantitative estimate of drug-likeness (QED) is 0.678. The molecule has 2 aromatic carbocycles. The predicted molar refractivity (Wildman–Crippen MR) is 116 cm³/mol. The number of amides is 2. The van der Waals surface area contributed by atoms with Gasteiger partial charge in [-0.25, -0.2) is 0 Å². The summed E-state index contributed by atoms with van der Waals surface area (Å²) >= 11 is 1.88. The monoisotopic (exact) mass is 422 g/mol. The second-order valence-corrected chi connectivity index (χ2v) is 8.27. The first-order valence-electron chi connectivity index (χ1n) is 9.75. The van der Waals surface area contributed by atoms with Crippen molar-refractivity contribution >= 4 is 29.3 Å². The van der Waals surface area contributed by atoms with Crippen LogP contribution in [0.4, 0.5) is 5.69 Å². The average Bonchev–Trinajstić information content (AvgIpc) is 3.22. The van der Waals surface area contributed by atoms with E-state index in [2.05, 4.69) is 15.5 Å². The molecule has 3 aromatic rings. The maximum absolute atomic E-state index is 12.5. The van der Waals surface area contributed by atoms with Crippen molar-refractivity contribution < 1.29 is 14.1 Å². The van der Waals surface area contributed by atoms with Crippen LogP contribution in [0.25, 0.3) is 11.5 Å². The zero-order chi connectivity index (χ0) is 20.9. The molecule has 7 nitrogen and oxygen atoms in total. The van der Waals surface area contributed by atoms with Crippen molar-refractivity contribution in [1.82, 2.24) is 15.0 Å². The number of benzene rings is 2. The Labute approximate surface area is 178 Å². The summed E-state index contributed by atoms with van der Waals surface area (Å²) in [6, 6.07) is 14.4. The van der Waals surface area contributed by atoms with E-state index in [1.807, 2.05) is 40.9 Å². The molecule has 0 atom stereocenters. The van der Waals surface area contributed by atoms with Gasteiger partial charge in [0.25, 0.3) is 11.8 Å². The van der Waals surface area contributed by atoms with E-state index in [-0.39, 0.29) is 11.8 Å². The van der Waals surface area contributed by atoms with Gasteiger partial charge >= 0.3 is 0 Å². The first-order chi connectivity index (χ1) is 14.6. The molecule has 0 spiro atoms. The molecule has 0 unspecified atom stereocenters. The van der Waals surface area contributed by atoms with Crippen LogP contribution in [0.3, 0.4) is 0 Å². The number of aryl methyl sites for hydroxylation is 1. The Morgan fingerprint density at radius 2 is 1.77 bits per heavy atom. The SMILES string of the molecule is Cc1noc(-c2ccc(C(=O)Nc3ccc(CC(=O)N4CCSCC4)cc3)cc2)n1. The van der Waals surface area contributed by atoms with Crippen LogP contribution in [0.15, 0.2) is 53.1 Å². The van der Waals surface area contributed by atoms with Crippen LogP contribution in [0.1, 0.15) is 21.7 Å². The molecule has 2 heterocycles. The zero-order valence-electron chi connectivity index (χ0n) is 16.6. The Hall–Kier alpha value is -3.13. The predicted octanol–water partition coefficient (Wildman–Crippen LogP) is 3.42. The fraction of sp³-hybridized carbons (Fsp3) is 0.273. The lowest BCUT2D eigenvalue weighted by atomic mass is 10.1. The molecule has 8 heteroatoms. The fourth-order valence-corrected chi connectivity index (χ4v) is 4.09. The standard InChI is InChI=1S/C22H22N4O3S/c1-15-23-22(29-25-15)18-6-4-17(5-7-18)21(28)24-19-8-2-16(3-9-19)14-20(27)26-10-12-30-13-11-26/h2-9H,10-14H2,1H3,(H,24,28). The Morgan fingerprint density at radius 1 is 1.07 bits per heavy atom. The number of rotatable bonds is 5. The average molecular weight is 423 g/mol. The third-order valence-electron chi connectivity index (χ3n) is 4.85. The van der Waals surface area contributed by atoms with Gasteiger partial charge in [-0.05, 0) is 48.9 Å². The molecular formula is C22H22N4O3S. The summed E-state index contributed by atoms with van der Waals surface area (Å²) in [6.07, 6.45) is 0.384. The van der Waals surface area contributed by atoms with Crippen molar-refractivity contribution in [3.8, 4) is 11.5 Å². The van der Waals surface area contributed by atoms with E-state index in [1.54, 1.807) is 31.2 Å². The van der Waals surface area contributed by atoms with Gasteiger partial charge in [-0.15, -0.1) is 0 Å². The van der Waals surface area contributed by atoms with E-state index in [0.29, 0.717) is 29.4 Å². The Bertz CT molecular complexity index is 1030. The number of nitrogens with zero attached hydrogens (tertiary/aromatic N) is 3. The highest BCUT2D eigenvalue weighted by Crippen LogP contribution is 2.19. The Balaban J connectivity index is 1.34. The molecule has 154 valence electrons. The van der Waals surface area contributed by atoms with E-state index >= 15 is 0 Å². The van der Waals surface area contributed by atoms with Crippen LogP contribution in [0, 0.1) is 6.92 Å². The first-order valence-corrected chi connectivity index (χ1v) is 10.9. The summed E-state index contributed by atoms with van der Waals surface area (Å²) in [5.41, 5.74) is 2.91. The van der Waals surface area contributed by atoms with Crippen molar-refractivity contribution in [2.24, 2.45) is 0 Å². The van der Waals surface area contributed by atoms with Gasteiger partial charge in [-0.1, -0.05) is 17.3 Å². The molecule has 2 amide bonds. The van der Waals surface area contributed by atoms with Gasteiger partial charge < -0.3 is 14.7 Å². The summed E-state index contributed by atoms with van der Waals surface area (Å²) in [5.74, 6) is 2.94. The van der Waals surface area contributed by atoms with Gasteiger partial charge in [0.05, 0.1) is 6.42 Å². The second kappa shape index (κ2) is 9.13. The third-order valence-corrected chi connectivity index (χ3v) is 5.80. The molecule has 1 N–H and O–H groups in total. The van der Waals surface area contributed by atoms with E-state index in [1.165, 1.54) is 0 Å². The van der Waals surface area contributed by atoms with Gasteiger partial charge in [0.15, 0.2) is 5.82 Å². The van der Waals surface area contributed by atoms with Crippen LogP contribution in [-0.4, -0.2) is 51.5 Å². The molecule has 1 fully saturated rings. The molecule has 0 radical (unpaired) electrons. The highest BCUT2D eigenvalue weighted by Gasteiger charge is 2.17. The summed E-state index contributed by atoms with van der Waals surface area (Å²) < 4.78 is 5.13. The molecule has 1 aliphatic rings. The van der Waals surface area contributed by atoms with Crippen LogP contribution < -0.4 is 5.32 Å². The Kier molecular flexibility index (Phi) is 6.13. The number of carbonyl (C=O) groups is 2. The minimum absolute atomic E-state index is 0.156. The molecule has 1 aromatic heterocycles. The normalized spacial score (nSPS) is 13.8. The number of hydrogen-bond acceptors (Lipinski definition) is 6. The van der Waals surface area contributed by atoms with Crippen molar-refractivity contribution in [2.45, 2.75) is 13.3 Å². The maximum Gasteiger partial charge on any atom is 0.257 e. The summed E-state index contributed by atoms with van der Waals surface area (Å²) in [6.45, 7) is 3.40. The molecular weight excluding hydrogens is 400 g/mol. The van der Waals surface area contributed by atoms with Crippen LogP contribution in [0.5, 0.6) is 0 Å². The third kappa shape index (κ3) is 4.88. The Morgan fingerprint density at radius 3 is 2.40 bits per heavy atom. The van der Waals surface area contributed by atoms with Crippen LogP contribution in [0.2, 0.25) is 0 Å². The van der Waals surface area contributed by atoms with Crippen molar-refractivity contribution in [3.63, 3.8) is 0 Å². The lowest BCUT2D eigenvalue weighted by Gasteiger charge is -2.26. The maximum atomic E-state index is 12.5. The molecule has 1 aliphatic heterocycles. The molecule has 0 saturated carbocycles. The number of aromatic nitrogens is 2. The molecule has 0 bridgehead atoms. The number of carbonyl (C=O) groups excluding carboxylic acids is 2. The minimum Gasteiger partial charge on any atom is -0.341 e. The first kappa shape index (κ1) is 20.2. The van der Waals surface area contributed by atoms with Crippen molar-refractivity contribution in [2.75, 3.05) is 29.9 Å². The summed E-state index contributed by atoms with van der Waals surface area (Å²) in [7, 11) is 0. The second-order valence-electron chi connectivity index (χ2n) is 7.05. The van der Waals surface area contributed by atoms with E-state index in [0.717, 1.165) is 35.7 Å².